The molecule has 4 heteroatoms. The van der Waals surface area contributed by atoms with E-state index >= 15 is 0 Å². The first-order valence-corrected chi connectivity index (χ1v) is 12.0. The molecular formula is C30H36O4. The van der Waals surface area contributed by atoms with Crippen molar-refractivity contribution in [2.45, 2.75) is 59.8 Å². The van der Waals surface area contributed by atoms with E-state index < -0.39 is 5.41 Å². The SMILES string of the molecule is CCC(CCc1ccc2cc(C(=O)OC)ccc2c1)c1ccc(OCC(=O)C(C)(C)C)c(C)c1. The number of ketones is 1. The lowest BCUT2D eigenvalue weighted by Crippen LogP contribution is -2.26. The van der Waals surface area contributed by atoms with Crippen molar-refractivity contribution in [3.8, 4) is 5.75 Å². The van der Waals surface area contributed by atoms with Gasteiger partial charge in [-0.2, -0.15) is 0 Å². The van der Waals surface area contributed by atoms with Crippen molar-refractivity contribution in [2.24, 2.45) is 5.41 Å². The fourth-order valence-electron chi connectivity index (χ4n) is 4.09. The predicted molar refractivity (Wildman–Crippen MR) is 138 cm³/mol. The van der Waals surface area contributed by atoms with Gasteiger partial charge in [-0.3, -0.25) is 4.79 Å². The smallest absolute Gasteiger partial charge is 0.337 e. The van der Waals surface area contributed by atoms with Crippen LogP contribution in [0.25, 0.3) is 10.8 Å². The Labute approximate surface area is 203 Å². The van der Waals surface area contributed by atoms with Gasteiger partial charge >= 0.3 is 5.97 Å². The zero-order valence-electron chi connectivity index (χ0n) is 21.2. The van der Waals surface area contributed by atoms with Gasteiger partial charge in [0.15, 0.2) is 5.78 Å². The molecule has 3 rings (SSSR count). The van der Waals surface area contributed by atoms with Gasteiger partial charge in [-0.25, -0.2) is 4.79 Å². The van der Waals surface area contributed by atoms with Crippen LogP contribution >= 0.6 is 0 Å². The highest BCUT2D eigenvalue weighted by atomic mass is 16.5. The van der Waals surface area contributed by atoms with Crippen LogP contribution in [0.4, 0.5) is 0 Å². The summed E-state index contributed by atoms with van der Waals surface area (Å²) in [6.07, 6.45) is 3.08. The Morgan fingerprint density at radius 1 is 0.941 bits per heavy atom. The Balaban J connectivity index is 1.66. The van der Waals surface area contributed by atoms with Gasteiger partial charge in [0.25, 0.3) is 0 Å². The number of aryl methyl sites for hydroxylation is 2. The average Bonchev–Trinajstić information content (AvgIpc) is 2.82. The van der Waals surface area contributed by atoms with Gasteiger partial charge < -0.3 is 9.47 Å². The molecule has 180 valence electrons. The Kier molecular flexibility index (Phi) is 8.14. The summed E-state index contributed by atoms with van der Waals surface area (Å²) >= 11 is 0. The van der Waals surface area contributed by atoms with E-state index in [4.69, 9.17) is 9.47 Å². The molecule has 0 amide bonds. The van der Waals surface area contributed by atoms with Crippen molar-refractivity contribution in [3.05, 3.63) is 76.9 Å². The zero-order chi connectivity index (χ0) is 24.9. The summed E-state index contributed by atoms with van der Waals surface area (Å²) in [7, 11) is 1.40. The number of hydrogen-bond donors (Lipinski definition) is 0. The summed E-state index contributed by atoms with van der Waals surface area (Å²) in [5.74, 6) is 1.00. The second-order valence-electron chi connectivity index (χ2n) is 10.0. The third-order valence-electron chi connectivity index (χ3n) is 6.47. The molecule has 4 nitrogen and oxygen atoms in total. The maximum atomic E-state index is 12.2. The lowest BCUT2D eigenvalue weighted by molar-refractivity contribution is -0.128. The van der Waals surface area contributed by atoms with E-state index in [1.165, 1.54) is 18.2 Å². The Bertz CT molecular complexity index is 1170. The van der Waals surface area contributed by atoms with Gasteiger partial charge in [0.1, 0.15) is 12.4 Å². The Morgan fingerprint density at radius 2 is 1.65 bits per heavy atom. The number of Topliss-reactive ketones (excluding diaryl/α,β-unsaturated/α-hetero) is 1. The van der Waals surface area contributed by atoms with E-state index in [-0.39, 0.29) is 18.4 Å². The van der Waals surface area contributed by atoms with Gasteiger partial charge in [0, 0.05) is 5.41 Å². The molecule has 0 N–H and O–H groups in total. The standard InChI is InChI=1S/C30H36O4/c1-7-22(23-14-15-27(20(2)16-23)34-19-28(31)30(3,4)5)10-8-21-9-11-25-18-26(29(32)33-6)13-12-24(25)17-21/h9,11-18,22H,7-8,10,19H2,1-6H3. The van der Waals surface area contributed by atoms with Gasteiger partial charge in [-0.1, -0.05) is 64.1 Å². The molecule has 3 aromatic rings. The van der Waals surface area contributed by atoms with Crippen molar-refractivity contribution < 1.29 is 19.1 Å². The van der Waals surface area contributed by atoms with Crippen molar-refractivity contribution in [1.29, 1.82) is 0 Å². The minimum absolute atomic E-state index is 0.0966. The minimum Gasteiger partial charge on any atom is -0.486 e. The number of hydrogen-bond acceptors (Lipinski definition) is 4. The second kappa shape index (κ2) is 10.9. The molecule has 0 aliphatic rings. The molecule has 0 saturated carbocycles. The molecule has 0 aliphatic heterocycles. The van der Waals surface area contributed by atoms with E-state index in [1.807, 2.05) is 52.0 Å². The number of rotatable bonds is 9. The van der Waals surface area contributed by atoms with Gasteiger partial charge in [-0.15, -0.1) is 0 Å². The molecule has 1 unspecified atom stereocenters. The Morgan fingerprint density at radius 3 is 2.29 bits per heavy atom. The van der Waals surface area contributed by atoms with Crippen LogP contribution in [0.2, 0.25) is 0 Å². The molecule has 0 spiro atoms. The molecule has 1 atom stereocenters. The predicted octanol–water partition coefficient (Wildman–Crippen LogP) is 7.06. The van der Waals surface area contributed by atoms with Crippen LogP contribution in [0.1, 0.15) is 73.5 Å². The lowest BCUT2D eigenvalue weighted by atomic mass is 9.89. The molecule has 0 aromatic heterocycles. The van der Waals surface area contributed by atoms with E-state index in [1.54, 1.807) is 0 Å². The summed E-state index contributed by atoms with van der Waals surface area (Å²) in [5, 5.41) is 2.16. The number of esters is 1. The van der Waals surface area contributed by atoms with Crippen LogP contribution in [-0.4, -0.2) is 25.5 Å². The van der Waals surface area contributed by atoms with Crippen molar-refractivity contribution in [1.82, 2.24) is 0 Å². The second-order valence-corrected chi connectivity index (χ2v) is 10.0. The van der Waals surface area contributed by atoms with Gasteiger partial charge in [0.2, 0.25) is 0 Å². The van der Waals surface area contributed by atoms with Crippen LogP contribution in [0, 0.1) is 12.3 Å². The van der Waals surface area contributed by atoms with Crippen LogP contribution in [0.15, 0.2) is 54.6 Å². The van der Waals surface area contributed by atoms with Crippen LogP contribution in [0.3, 0.4) is 0 Å². The average molecular weight is 461 g/mol. The van der Waals surface area contributed by atoms with Gasteiger partial charge in [-0.05, 0) is 77.8 Å². The molecule has 0 aliphatic carbocycles. The van der Waals surface area contributed by atoms with E-state index in [2.05, 4.69) is 37.3 Å². The van der Waals surface area contributed by atoms with Crippen molar-refractivity contribution in [2.75, 3.05) is 13.7 Å². The molecule has 3 aromatic carbocycles. The molecule has 34 heavy (non-hydrogen) atoms. The number of methoxy groups -OCH3 is 1. The fourth-order valence-corrected chi connectivity index (χ4v) is 4.09. The van der Waals surface area contributed by atoms with Crippen molar-refractivity contribution >= 4 is 22.5 Å². The lowest BCUT2D eigenvalue weighted by Gasteiger charge is -2.19. The number of carbonyl (C=O) groups excluding carboxylic acids is 2. The van der Waals surface area contributed by atoms with E-state index in [0.717, 1.165) is 41.3 Å². The molecule has 0 radical (unpaired) electrons. The number of ether oxygens (including phenoxy) is 2. The highest BCUT2D eigenvalue weighted by molar-refractivity contribution is 5.95. The summed E-state index contributed by atoms with van der Waals surface area (Å²) in [6, 6.07) is 18.4. The molecule has 0 bridgehead atoms. The first-order valence-electron chi connectivity index (χ1n) is 12.0. The van der Waals surface area contributed by atoms with Crippen molar-refractivity contribution in [3.63, 3.8) is 0 Å². The first kappa shape index (κ1) is 25.5. The quantitative estimate of drug-likeness (QED) is 0.321. The highest BCUT2D eigenvalue weighted by Crippen LogP contribution is 2.30. The normalized spacial score (nSPS) is 12.4. The van der Waals surface area contributed by atoms with E-state index in [9.17, 15) is 9.59 Å². The molecular weight excluding hydrogens is 424 g/mol. The maximum absolute atomic E-state index is 12.2. The fraction of sp³-hybridized carbons (Fsp3) is 0.400. The topological polar surface area (TPSA) is 52.6 Å². The largest absolute Gasteiger partial charge is 0.486 e. The monoisotopic (exact) mass is 460 g/mol. The van der Waals surface area contributed by atoms with Crippen LogP contribution in [-0.2, 0) is 16.0 Å². The molecule has 0 heterocycles. The first-order chi connectivity index (χ1) is 16.1. The summed E-state index contributed by atoms with van der Waals surface area (Å²) in [5.41, 5.74) is 3.82. The minimum atomic E-state index is -0.395. The molecule has 0 fully saturated rings. The van der Waals surface area contributed by atoms with Gasteiger partial charge in [0.05, 0.1) is 12.7 Å². The zero-order valence-corrected chi connectivity index (χ0v) is 21.2. The third kappa shape index (κ3) is 6.25. The Hall–Kier alpha value is -3.14. The van der Waals surface area contributed by atoms with Crippen LogP contribution in [0.5, 0.6) is 5.75 Å². The summed E-state index contributed by atoms with van der Waals surface area (Å²) in [6.45, 7) is 10.1. The number of benzene rings is 3. The third-order valence-corrected chi connectivity index (χ3v) is 6.47. The summed E-state index contributed by atoms with van der Waals surface area (Å²) < 4.78 is 10.6. The number of carbonyl (C=O) groups is 2. The van der Waals surface area contributed by atoms with E-state index in [0.29, 0.717) is 11.5 Å². The molecule has 0 saturated heterocycles. The highest BCUT2D eigenvalue weighted by Gasteiger charge is 2.22. The van der Waals surface area contributed by atoms with Crippen LogP contribution < -0.4 is 4.74 Å². The summed E-state index contributed by atoms with van der Waals surface area (Å²) in [4.78, 5) is 24.0. The maximum Gasteiger partial charge on any atom is 0.337 e. The number of fused-ring (bicyclic) bond motifs is 1.